The zero-order chi connectivity index (χ0) is 19.4. The summed E-state index contributed by atoms with van der Waals surface area (Å²) in [5.41, 5.74) is 2.68. The SMILES string of the molecule is CCCNc1ncnc2c1cnn2CCNS(=O)(=O)c1ccc(C)c(C)c1. The first-order valence-corrected chi connectivity index (χ1v) is 10.4. The minimum atomic E-state index is -3.56. The monoisotopic (exact) mass is 388 g/mol. The van der Waals surface area contributed by atoms with E-state index in [9.17, 15) is 8.42 Å². The molecule has 0 amide bonds. The van der Waals surface area contributed by atoms with Crippen LogP contribution in [-0.2, 0) is 16.6 Å². The van der Waals surface area contributed by atoms with Crippen molar-refractivity contribution in [2.24, 2.45) is 0 Å². The second-order valence-corrected chi connectivity index (χ2v) is 8.16. The highest BCUT2D eigenvalue weighted by molar-refractivity contribution is 7.89. The van der Waals surface area contributed by atoms with Crippen molar-refractivity contribution in [3.8, 4) is 0 Å². The van der Waals surface area contributed by atoms with Gasteiger partial charge in [0.25, 0.3) is 0 Å². The Balaban J connectivity index is 1.70. The summed E-state index contributed by atoms with van der Waals surface area (Å²) in [7, 11) is -3.56. The van der Waals surface area contributed by atoms with Gasteiger partial charge in [-0.1, -0.05) is 13.0 Å². The van der Waals surface area contributed by atoms with E-state index in [2.05, 4.69) is 32.0 Å². The third-order valence-electron chi connectivity index (χ3n) is 4.38. The summed E-state index contributed by atoms with van der Waals surface area (Å²) in [4.78, 5) is 8.79. The van der Waals surface area contributed by atoms with Crippen LogP contribution in [0.2, 0.25) is 0 Å². The maximum absolute atomic E-state index is 12.5. The van der Waals surface area contributed by atoms with Crippen molar-refractivity contribution in [2.75, 3.05) is 18.4 Å². The third kappa shape index (κ3) is 4.25. The molecule has 0 aliphatic rings. The molecule has 2 heterocycles. The summed E-state index contributed by atoms with van der Waals surface area (Å²) in [5, 5.41) is 8.39. The number of hydrogen-bond acceptors (Lipinski definition) is 6. The molecule has 0 radical (unpaired) electrons. The first kappa shape index (κ1) is 19.2. The van der Waals surface area contributed by atoms with E-state index < -0.39 is 10.0 Å². The number of nitrogens with zero attached hydrogens (tertiary/aromatic N) is 4. The maximum Gasteiger partial charge on any atom is 0.240 e. The van der Waals surface area contributed by atoms with Gasteiger partial charge >= 0.3 is 0 Å². The number of aryl methyl sites for hydroxylation is 2. The normalized spacial score (nSPS) is 11.8. The number of sulfonamides is 1. The van der Waals surface area contributed by atoms with Gasteiger partial charge in [0.2, 0.25) is 10.0 Å². The number of nitrogens with one attached hydrogen (secondary N) is 2. The summed E-state index contributed by atoms with van der Waals surface area (Å²) in [6.07, 6.45) is 4.17. The lowest BCUT2D eigenvalue weighted by molar-refractivity contribution is 0.564. The summed E-state index contributed by atoms with van der Waals surface area (Å²) in [6.45, 7) is 7.33. The molecule has 27 heavy (non-hydrogen) atoms. The van der Waals surface area contributed by atoms with Crippen LogP contribution in [0.4, 0.5) is 5.82 Å². The molecule has 0 spiro atoms. The molecule has 0 saturated heterocycles. The standard InChI is InChI=1S/C18H24N6O2S/c1-4-7-19-17-16-11-22-24(18(16)21-12-20-17)9-8-23-27(25,26)15-6-5-13(2)14(3)10-15/h5-6,10-12,23H,4,7-9H2,1-3H3,(H,19,20,21). The van der Waals surface area contributed by atoms with Gasteiger partial charge in [-0.15, -0.1) is 0 Å². The first-order valence-electron chi connectivity index (χ1n) is 8.89. The number of anilines is 1. The Labute approximate surface area is 159 Å². The number of aromatic nitrogens is 4. The molecule has 0 fully saturated rings. The van der Waals surface area contributed by atoms with Crippen LogP contribution in [0.5, 0.6) is 0 Å². The van der Waals surface area contributed by atoms with Crippen molar-refractivity contribution >= 4 is 26.9 Å². The maximum atomic E-state index is 12.5. The van der Waals surface area contributed by atoms with Crippen LogP contribution in [-0.4, -0.2) is 41.3 Å². The molecular formula is C18H24N6O2S. The molecule has 0 saturated carbocycles. The van der Waals surface area contributed by atoms with E-state index in [-0.39, 0.29) is 11.4 Å². The Hall–Kier alpha value is -2.52. The summed E-state index contributed by atoms with van der Waals surface area (Å²) in [6, 6.07) is 5.11. The summed E-state index contributed by atoms with van der Waals surface area (Å²) in [5.74, 6) is 0.740. The van der Waals surface area contributed by atoms with Gasteiger partial charge < -0.3 is 5.32 Å². The fraction of sp³-hybridized carbons (Fsp3) is 0.389. The average molecular weight is 388 g/mol. The van der Waals surface area contributed by atoms with E-state index >= 15 is 0 Å². The van der Waals surface area contributed by atoms with E-state index in [0.717, 1.165) is 35.3 Å². The lowest BCUT2D eigenvalue weighted by atomic mass is 10.1. The van der Waals surface area contributed by atoms with Gasteiger partial charge in [-0.3, -0.25) is 0 Å². The Kier molecular flexibility index (Phi) is 5.71. The van der Waals surface area contributed by atoms with Gasteiger partial charge in [0, 0.05) is 13.1 Å². The molecule has 8 nitrogen and oxygen atoms in total. The van der Waals surface area contributed by atoms with E-state index in [4.69, 9.17) is 0 Å². The molecule has 1 aromatic carbocycles. The molecule has 0 aliphatic carbocycles. The van der Waals surface area contributed by atoms with Crippen LogP contribution in [0.3, 0.4) is 0 Å². The van der Waals surface area contributed by atoms with E-state index in [1.165, 1.54) is 6.33 Å². The van der Waals surface area contributed by atoms with Gasteiger partial charge in [0.15, 0.2) is 5.65 Å². The van der Waals surface area contributed by atoms with Gasteiger partial charge in [0.05, 0.1) is 23.0 Å². The zero-order valence-corrected chi connectivity index (χ0v) is 16.5. The molecular weight excluding hydrogens is 364 g/mol. The second kappa shape index (κ2) is 8.01. The van der Waals surface area contributed by atoms with E-state index in [1.54, 1.807) is 23.0 Å². The van der Waals surface area contributed by atoms with Crippen LogP contribution in [0.1, 0.15) is 24.5 Å². The van der Waals surface area contributed by atoms with Crippen LogP contribution in [0.25, 0.3) is 11.0 Å². The zero-order valence-electron chi connectivity index (χ0n) is 15.7. The topological polar surface area (TPSA) is 102 Å². The first-order chi connectivity index (χ1) is 12.9. The lowest BCUT2D eigenvalue weighted by Crippen LogP contribution is -2.27. The quantitative estimate of drug-likeness (QED) is 0.614. The fourth-order valence-corrected chi connectivity index (χ4v) is 3.80. The van der Waals surface area contributed by atoms with Gasteiger partial charge in [0.1, 0.15) is 12.1 Å². The predicted octanol–water partition coefficient (Wildman–Crippen LogP) is 2.24. The molecule has 0 unspecified atom stereocenters. The third-order valence-corrected chi connectivity index (χ3v) is 5.84. The van der Waals surface area contributed by atoms with Gasteiger partial charge in [-0.25, -0.2) is 27.8 Å². The summed E-state index contributed by atoms with van der Waals surface area (Å²) < 4.78 is 29.3. The Morgan fingerprint density at radius 1 is 1.11 bits per heavy atom. The largest absolute Gasteiger partial charge is 0.369 e. The lowest BCUT2D eigenvalue weighted by Gasteiger charge is -2.09. The highest BCUT2D eigenvalue weighted by atomic mass is 32.2. The fourth-order valence-electron chi connectivity index (χ4n) is 2.69. The number of hydrogen-bond donors (Lipinski definition) is 2. The predicted molar refractivity (Wildman–Crippen MR) is 105 cm³/mol. The molecule has 0 atom stereocenters. The molecule has 9 heteroatoms. The van der Waals surface area contributed by atoms with Crippen LogP contribution >= 0.6 is 0 Å². The average Bonchev–Trinajstić information content (AvgIpc) is 3.06. The molecule has 2 aromatic heterocycles. The smallest absolute Gasteiger partial charge is 0.240 e. The number of fused-ring (bicyclic) bond motifs is 1. The van der Waals surface area contributed by atoms with Crippen LogP contribution < -0.4 is 10.0 Å². The molecule has 144 valence electrons. The molecule has 0 bridgehead atoms. The number of benzene rings is 1. The molecule has 3 aromatic rings. The van der Waals surface area contributed by atoms with Crippen molar-refractivity contribution in [2.45, 2.75) is 38.6 Å². The Morgan fingerprint density at radius 3 is 2.67 bits per heavy atom. The highest BCUT2D eigenvalue weighted by Gasteiger charge is 2.15. The Bertz CT molecular complexity index is 1050. The molecule has 0 aliphatic heterocycles. The van der Waals surface area contributed by atoms with Gasteiger partial charge in [-0.05, 0) is 43.5 Å². The minimum absolute atomic E-state index is 0.216. The van der Waals surface area contributed by atoms with E-state index in [0.29, 0.717) is 12.2 Å². The highest BCUT2D eigenvalue weighted by Crippen LogP contribution is 2.18. The van der Waals surface area contributed by atoms with E-state index in [1.807, 2.05) is 19.9 Å². The van der Waals surface area contributed by atoms with Crippen molar-refractivity contribution in [3.05, 3.63) is 41.9 Å². The van der Waals surface area contributed by atoms with Gasteiger partial charge in [-0.2, -0.15) is 5.10 Å². The minimum Gasteiger partial charge on any atom is -0.369 e. The molecule has 2 N–H and O–H groups in total. The van der Waals surface area contributed by atoms with Crippen molar-refractivity contribution in [1.29, 1.82) is 0 Å². The second-order valence-electron chi connectivity index (χ2n) is 6.40. The number of rotatable bonds is 8. The molecule has 3 rings (SSSR count). The van der Waals surface area contributed by atoms with Crippen molar-refractivity contribution in [3.63, 3.8) is 0 Å². The van der Waals surface area contributed by atoms with Crippen LogP contribution in [0, 0.1) is 13.8 Å². The van der Waals surface area contributed by atoms with Crippen molar-refractivity contribution < 1.29 is 8.42 Å². The summed E-state index contributed by atoms with van der Waals surface area (Å²) >= 11 is 0. The Morgan fingerprint density at radius 2 is 1.93 bits per heavy atom. The van der Waals surface area contributed by atoms with Crippen molar-refractivity contribution in [1.82, 2.24) is 24.5 Å². The van der Waals surface area contributed by atoms with Crippen LogP contribution in [0.15, 0.2) is 35.6 Å².